The van der Waals surface area contributed by atoms with Gasteiger partial charge in [-0.05, 0) is 45.0 Å². The molecular weight excluding hydrogens is 368 g/mol. The van der Waals surface area contributed by atoms with Crippen LogP contribution >= 0.6 is 0 Å². The van der Waals surface area contributed by atoms with Gasteiger partial charge in [0.25, 0.3) is 5.91 Å². The average Bonchev–Trinajstić information content (AvgIpc) is 2.70. The van der Waals surface area contributed by atoms with Gasteiger partial charge in [0.2, 0.25) is 5.95 Å². The number of hydrogen-bond donors (Lipinski definition) is 2. The second-order valence-electron chi connectivity index (χ2n) is 6.67. The summed E-state index contributed by atoms with van der Waals surface area (Å²) in [7, 11) is 0. The molecule has 29 heavy (non-hydrogen) atoms. The number of anilines is 3. The minimum absolute atomic E-state index is 0.0337. The number of hydrogen-bond acceptors (Lipinski definition) is 6. The first-order valence-corrected chi connectivity index (χ1v) is 9.19. The van der Waals surface area contributed by atoms with Crippen molar-refractivity contribution in [3.8, 4) is 5.75 Å². The highest BCUT2D eigenvalue weighted by molar-refractivity contribution is 6.04. The molecule has 7 nitrogen and oxygen atoms in total. The Morgan fingerprint density at radius 3 is 2.38 bits per heavy atom. The fourth-order valence-corrected chi connectivity index (χ4v) is 2.58. The summed E-state index contributed by atoms with van der Waals surface area (Å²) in [6.07, 6.45) is 2.91. The number of rotatable bonds is 7. The van der Waals surface area contributed by atoms with Gasteiger partial charge in [0.05, 0.1) is 17.4 Å². The van der Waals surface area contributed by atoms with E-state index in [0.717, 1.165) is 5.69 Å². The third-order valence-electron chi connectivity index (χ3n) is 3.94. The number of ether oxygens (including phenoxy) is 1. The van der Waals surface area contributed by atoms with E-state index >= 15 is 0 Å². The number of amides is 1. The Kier molecular flexibility index (Phi) is 6.19. The number of nitrogens with zero attached hydrogens (tertiary/aromatic N) is 2. The van der Waals surface area contributed by atoms with Gasteiger partial charge in [-0.1, -0.05) is 24.3 Å². The van der Waals surface area contributed by atoms with Crippen LogP contribution in [0.2, 0.25) is 0 Å². The highest BCUT2D eigenvalue weighted by Crippen LogP contribution is 2.27. The predicted octanol–water partition coefficient (Wildman–Crippen LogP) is 4.46. The summed E-state index contributed by atoms with van der Waals surface area (Å²) in [5.74, 6) is 0.612. The highest BCUT2D eigenvalue weighted by Gasteiger charge is 2.11. The molecule has 3 rings (SSSR count). The van der Waals surface area contributed by atoms with Crippen LogP contribution in [-0.4, -0.2) is 27.8 Å². The summed E-state index contributed by atoms with van der Waals surface area (Å²) >= 11 is 0. The van der Waals surface area contributed by atoms with Crippen molar-refractivity contribution in [1.29, 1.82) is 0 Å². The minimum atomic E-state index is -0.360. The zero-order valence-corrected chi connectivity index (χ0v) is 16.5. The summed E-state index contributed by atoms with van der Waals surface area (Å²) in [6.45, 7) is 5.38. The Balaban J connectivity index is 1.70. The smallest absolute Gasteiger partial charge is 0.258 e. The van der Waals surface area contributed by atoms with Crippen molar-refractivity contribution < 1.29 is 14.3 Å². The van der Waals surface area contributed by atoms with Crippen LogP contribution in [0.25, 0.3) is 0 Å². The van der Waals surface area contributed by atoms with Gasteiger partial charge in [0.15, 0.2) is 5.78 Å². The Bertz CT molecular complexity index is 1020. The molecular formula is C22H22N4O3. The molecule has 3 aromatic rings. The third kappa shape index (κ3) is 5.38. The topological polar surface area (TPSA) is 93.2 Å². The number of carbonyl (C=O) groups is 2. The number of Topliss-reactive ketones (excluding diaryl/α,β-unsaturated/α-hetero) is 1. The van der Waals surface area contributed by atoms with Crippen LogP contribution in [0.5, 0.6) is 5.75 Å². The van der Waals surface area contributed by atoms with Gasteiger partial charge >= 0.3 is 0 Å². The van der Waals surface area contributed by atoms with Gasteiger partial charge in [-0.15, -0.1) is 0 Å². The van der Waals surface area contributed by atoms with Crippen LogP contribution in [0.3, 0.4) is 0 Å². The molecule has 7 heteroatoms. The molecule has 0 saturated heterocycles. The maximum Gasteiger partial charge on any atom is 0.258 e. The Hall–Kier alpha value is -3.74. The lowest BCUT2D eigenvalue weighted by Gasteiger charge is -2.14. The minimum Gasteiger partial charge on any atom is -0.489 e. The second kappa shape index (κ2) is 8.97. The molecule has 0 fully saturated rings. The van der Waals surface area contributed by atoms with Crippen molar-refractivity contribution in [1.82, 2.24) is 9.97 Å². The van der Waals surface area contributed by atoms with E-state index in [-0.39, 0.29) is 17.8 Å². The molecule has 2 N–H and O–H groups in total. The van der Waals surface area contributed by atoms with Crippen molar-refractivity contribution in [2.45, 2.75) is 26.9 Å². The van der Waals surface area contributed by atoms with E-state index < -0.39 is 0 Å². The first-order chi connectivity index (χ1) is 13.9. The molecule has 148 valence electrons. The summed E-state index contributed by atoms with van der Waals surface area (Å²) in [5.41, 5.74) is 2.10. The number of ketones is 1. The molecule has 0 radical (unpaired) electrons. The lowest BCUT2D eigenvalue weighted by Crippen LogP contribution is -2.13. The first-order valence-electron chi connectivity index (χ1n) is 9.19. The molecule has 0 aliphatic carbocycles. The van der Waals surface area contributed by atoms with E-state index in [9.17, 15) is 9.59 Å². The van der Waals surface area contributed by atoms with Crippen LogP contribution in [0.4, 0.5) is 17.3 Å². The van der Waals surface area contributed by atoms with Gasteiger partial charge in [-0.2, -0.15) is 0 Å². The highest BCUT2D eigenvalue weighted by atomic mass is 16.5. The van der Waals surface area contributed by atoms with Gasteiger partial charge < -0.3 is 15.4 Å². The molecule has 1 heterocycles. The maximum atomic E-state index is 12.4. The Morgan fingerprint density at radius 2 is 1.69 bits per heavy atom. The normalized spacial score (nSPS) is 10.5. The van der Waals surface area contributed by atoms with E-state index in [2.05, 4.69) is 20.6 Å². The Morgan fingerprint density at radius 1 is 0.966 bits per heavy atom. The molecule has 0 aliphatic rings. The summed E-state index contributed by atoms with van der Waals surface area (Å²) in [4.78, 5) is 32.3. The standard InChI is InChI=1S/C22H22N4O3/c1-14(2)29-20-10-5-4-9-19(20)26-22-23-12-17(13-24-22)21(28)25-18-8-6-7-16(11-18)15(3)27/h4-14H,1-3H3,(H,25,28)(H,23,24,26). The number of aromatic nitrogens is 2. The molecule has 2 aromatic carbocycles. The van der Waals surface area contributed by atoms with Crippen LogP contribution in [0.1, 0.15) is 41.5 Å². The van der Waals surface area contributed by atoms with Crippen molar-refractivity contribution in [3.63, 3.8) is 0 Å². The van der Waals surface area contributed by atoms with Gasteiger partial charge in [-0.25, -0.2) is 9.97 Å². The van der Waals surface area contributed by atoms with Crippen LogP contribution in [-0.2, 0) is 0 Å². The first kappa shape index (κ1) is 20.0. The molecule has 0 unspecified atom stereocenters. The summed E-state index contributed by atoms with van der Waals surface area (Å²) in [5, 5.41) is 5.84. The third-order valence-corrected chi connectivity index (χ3v) is 3.94. The number of nitrogens with one attached hydrogen (secondary N) is 2. The van der Waals surface area contributed by atoms with Gasteiger partial charge in [0.1, 0.15) is 5.75 Å². The zero-order valence-electron chi connectivity index (χ0n) is 16.5. The number of benzene rings is 2. The number of carbonyl (C=O) groups excluding carboxylic acids is 2. The zero-order chi connectivity index (χ0) is 20.8. The predicted molar refractivity (Wildman–Crippen MR) is 112 cm³/mol. The van der Waals surface area contributed by atoms with E-state index in [1.54, 1.807) is 24.3 Å². The lowest BCUT2D eigenvalue weighted by molar-refractivity contribution is 0.101. The molecule has 1 aromatic heterocycles. The largest absolute Gasteiger partial charge is 0.489 e. The molecule has 0 spiro atoms. The lowest BCUT2D eigenvalue weighted by atomic mass is 10.1. The SMILES string of the molecule is CC(=O)c1cccc(NC(=O)c2cnc(Nc3ccccc3OC(C)C)nc2)c1. The van der Waals surface area contributed by atoms with Crippen molar-refractivity contribution in [2.24, 2.45) is 0 Å². The fraction of sp³-hybridized carbons (Fsp3) is 0.182. The van der Waals surface area contributed by atoms with Crippen LogP contribution in [0.15, 0.2) is 60.9 Å². The van der Waals surface area contributed by atoms with E-state index in [4.69, 9.17) is 4.74 Å². The number of para-hydroxylation sites is 2. The van der Waals surface area contributed by atoms with Crippen LogP contribution in [0, 0.1) is 0 Å². The average molecular weight is 390 g/mol. The van der Waals surface area contributed by atoms with Crippen LogP contribution < -0.4 is 15.4 Å². The van der Waals surface area contributed by atoms with E-state index in [1.807, 2.05) is 38.1 Å². The van der Waals surface area contributed by atoms with Crippen molar-refractivity contribution in [3.05, 3.63) is 72.1 Å². The van der Waals surface area contributed by atoms with Gasteiger partial charge in [-0.3, -0.25) is 9.59 Å². The van der Waals surface area contributed by atoms with Gasteiger partial charge in [0, 0.05) is 23.6 Å². The van der Waals surface area contributed by atoms with E-state index in [0.29, 0.717) is 28.5 Å². The quantitative estimate of drug-likeness (QED) is 0.579. The Labute approximate surface area is 169 Å². The molecule has 0 bridgehead atoms. The summed E-state index contributed by atoms with van der Waals surface area (Å²) < 4.78 is 5.77. The maximum absolute atomic E-state index is 12.4. The molecule has 0 atom stereocenters. The van der Waals surface area contributed by atoms with E-state index in [1.165, 1.54) is 19.3 Å². The fourth-order valence-electron chi connectivity index (χ4n) is 2.58. The molecule has 1 amide bonds. The molecule has 0 saturated carbocycles. The molecule has 0 aliphatic heterocycles. The van der Waals surface area contributed by atoms with Crippen molar-refractivity contribution in [2.75, 3.05) is 10.6 Å². The van der Waals surface area contributed by atoms with Crippen molar-refractivity contribution >= 4 is 29.0 Å². The second-order valence-corrected chi connectivity index (χ2v) is 6.67. The summed E-state index contributed by atoms with van der Waals surface area (Å²) in [6, 6.07) is 14.2. The monoisotopic (exact) mass is 390 g/mol.